The van der Waals surface area contributed by atoms with Gasteiger partial charge in [0.25, 0.3) is 0 Å². The van der Waals surface area contributed by atoms with Crippen molar-refractivity contribution in [3.8, 4) is 6.07 Å². The van der Waals surface area contributed by atoms with Crippen molar-refractivity contribution in [2.75, 3.05) is 0 Å². The van der Waals surface area contributed by atoms with Crippen molar-refractivity contribution in [3.63, 3.8) is 0 Å². The smallest absolute Gasteiger partial charge is 0.131 e. The first kappa shape index (κ1) is 14.6. The predicted molar refractivity (Wildman–Crippen MR) is 81.7 cm³/mol. The van der Waals surface area contributed by atoms with Crippen molar-refractivity contribution in [2.45, 2.75) is 43.9 Å². The second-order valence-corrected chi connectivity index (χ2v) is 6.03. The molecule has 0 bridgehead atoms. The van der Waals surface area contributed by atoms with Crippen LogP contribution in [0, 0.1) is 17.1 Å². The quantitative estimate of drug-likeness (QED) is 0.856. The average Bonchev–Trinajstić information content (AvgIpc) is 3.09. The molecule has 22 heavy (non-hydrogen) atoms. The van der Waals surface area contributed by atoms with Crippen LogP contribution in [0.2, 0.25) is 0 Å². The molecule has 1 aliphatic carbocycles. The van der Waals surface area contributed by atoms with Gasteiger partial charge in [0, 0.05) is 12.1 Å². The van der Waals surface area contributed by atoms with Crippen molar-refractivity contribution >= 4 is 0 Å². The van der Waals surface area contributed by atoms with Crippen LogP contribution in [-0.2, 0) is 5.41 Å². The fraction of sp³-hybridized carbons (Fsp3) is 0.389. The summed E-state index contributed by atoms with van der Waals surface area (Å²) >= 11 is 0. The summed E-state index contributed by atoms with van der Waals surface area (Å²) in [4.78, 5) is 9.03. The Morgan fingerprint density at radius 1 is 1.27 bits per heavy atom. The van der Waals surface area contributed by atoms with Gasteiger partial charge in [0.15, 0.2) is 0 Å². The molecule has 3 rings (SSSR count). The van der Waals surface area contributed by atoms with E-state index < -0.39 is 5.41 Å². The summed E-state index contributed by atoms with van der Waals surface area (Å²) in [5.74, 6) is 0.854. The number of rotatable bonds is 3. The number of hydrogen-bond acceptors (Lipinski definition) is 3. The monoisotopic (exact) mass is 295 g/mol. The maximum Gasteiger partial charge on any atom is 0.131 e. The largest absolute Gasteiger partial charge is 0.241 e. The number of hydrogen-bond donors (Lipinski definition) is 0. The zero-order valence-corrected chi connectivity index (χ0v) is 12.6. The van der Waals surface area contributed by atoms with Gasteiger partial charge in [0.2, 0.25) is 0 Å². The molecule has 1 heterocycles. The number of nitrogens with zero attached hydrogens (tertiary/aromatic N) is 3. The maximum absolute atomic E-state index is 13.5. The summed E-state index contributed by atoms with van der Waals surface area (Å²) in [6.07, 6.45) is 6.33. The lowest BCUT2D eigenvalue weighted by Crippen LogP contribution is -2.24. The summed E-state index contributed by atoms with van der Waals surface area (Å²) < 4.78 is 13.5. The highest BCUT2D eigenvalue weighted by Crippen LogP contribution is 2.34. The third kappa shape index (κ3) is 2.59. The summed E-state index contributed by atoms with van der Waals surface area (Å²) in [5, 5.41) is 9.71. The zero-order valence-electron chi connectivity index (χ0n) is 12.6. The molecular formula is C18H18FN3. The van der Waals surface area contributed by atoms with Gasteiger partial charge in [-0.2, -0.15) is 5.26 Å². The first-order chi connectivity index (χ1) is 10.6. The molecule has 0 radical (unpaired) electrons. The van der Waals surface area contributed by atoms with E-state index in [9.17, 15) is 9.65 Å². The van der Waals surface area contributed by atoms with E-state index in [0.29, 0.717) is 17.2 Å². The zero-order chi connectivity index (χ0) is 15.6. The lowest BCUT2D eigenvalue weighted by molar-refractivity contribution is 0.610. The maximum atomic E-state index is 13.5. The minimum atomic E-state index is -0.974. The summed E-state index contributed by atoms with van der Waals surface area (Å²) in [6, 6.07) is 10.2. The number of benzene rings is 1. The lowest BCUT2D eigenvalue weighted by Gasteiger charge is -2.22. The topological polar surface area (TPSA) is 49.6 Å². The molecule has 0 aliphatic heterocycles. The standard InChI is InChI=1S/C18H18FN3/c1-18(12-20,14-7-4-8-15(19)11-14)16-9-10-21-17(22-16)13-5-2-3-6-13/h4,7-11,13H,2-3,5-6H2,1H3. The van der Waals surface area contributed by atoms with E-state index in [-0.39, 0.29) is 5.82 Å². The van der Waals surface area contributed by atoms with Crippen molar-refractivity contribution in [2.24, 2.45) is 0 Å². The van der Waals surface area contributed by atoms with Crippen LogP contribution < -0.4 is 0 Å². The van der Waals surface area contributed by atoms with Crippen LogP contribution in [0.3, 0.4) is 0 Å². The first-order valence-electron chi connectivity index (χ1n) is 7.64. The van der Waals surface area contributed by atoms with E-state index in [4.69, 9.17) is 0 Å². The van der Waals surface area contributed by atoms with E-state index in [2.05, 4.69) is 16.0 Å². The van der Waals surface area contributed by atoms with Gasteiger partial charge in [-0.3, -0.25) is 0 Å². The third-order valence-electron chi connectivity index (χ3n) is 4.53. The van der Waals surface area contributed by atoms with E-state index in [1.807, 2.05) is 0 Å². The van der Waals surface area contributed by atoms with Crippen molar-refractivity contribution < 1.29 is 4.39 Å². The second-order valence-electron chi connectivity index (χ2n) is 6.03. The molecule has 1 aliphatic rings. The Balaban J connectivity index is 2.03. The van der Waals surface area contributed by atoms with Crippen LogP contribution in [0.15, 0.2) is 36.5 Å². The Hall–Kier alpha value is -2.28. The molecule has 1 fully saturated rings. The van der Waals surface area contributed by atoms with Gasteiger partial charge in [-0.05, 0) is 43.5 Å². The van der Waals surface area contributed by atoms with Crippen molar-refractivity contribution in [1.29, 1.82) is 5.26 Å². The number of halogens is 1. The molecule has 1 saturated carbocycles. The molecule has 1 aromatic carbocycles. The Morgan fingerprint density at radius 2 is 2.05 bits per heavy atom. The van der Waals surface area contributed by atoms with Gasteiger partial charge < -0.3 is 0 Å². The van der Waals surface area contributed by atoms with Crippen LogP contribution >= 0.6 is 0 Å². The SMILES string of the molecule is CC(C#N)(c1cccc(F)c1)c1ccnc(C2CCCC2)n1. The molecule has 1 aromatic heterocycles. The van der Waals surface area contributed by atoms with Crippen LogP contribution in [-0.4, -0.2) is 9.97 Å². The van der Waals surface area contributed by atoms with E-state index in [1.54, 1.807) is 31.3 Å². The van der Waals surface area contributed by atoms with Gasteiger partial charge in [-0.1, -0.05) is 25.0 Å². The highest BCUT2D eigenvalue weighted by molar-refractivity contribution is 5.41. The normalized spacial score (nSPS) is 17.9. The van der Waals surface area contributed by atoms with Gasteiger partial charge in [-0.15, -0.1) is 0 Å². The Bertz CT molecular complexity index is 716. The first-order valence-corrected chi connectivity index (χ1v) is 7.64. The Labute approximate surface area is 129 Å². The van der Waals surface area contributed by atoms with E-state index in [1.165, 1.54) is 25.0 Å². The second kappa shape index (κ2) is 5.84. The minimum Gasteiger partial charge on any atom is -0.241 e. The summed E-state index contributed by atoms with van der Waals surface area (Å²) in [7, 11) is 0. The molecule has 0 amide bonds. The fourth-order valence-electron chi connectivity index (χ4n) is 3.10. The van der Waals surface area contributed by atoms with Crippen LogP contribution in [0.25, 0.3) is 0 Å². The van der Waals surface area contributed by atoms with Crippen LogP contribution in [0.4, 0.5) is 4.39 Å². The minimum absolute atomic E-state index is 0.343. The highest BCUT2D eigenvalue weighted by Gasteiger charge is 2.32. The molecular weight excluding hydrogens is 277 g/mol. The Kier molecular flexibility index (Phi) is 3.89. The van der Waals surface area contributed by atoms with Crippen molar-refractivity contribution in [1.82, 2.24) is 9.97 Å². The molecule has 0 N–H and O–H groups in total. The molecule has 1 atom stereocenters. The van der Waals surface area contributed by atoms with Gasteiger partial charge >= 0.3 is 0 Å². The van der Waals surface area contributed by atoms with E-state index >= 15 is 0 Å². The molecule has 4 heteroatoms. The molecule has 112 valence electrons. The number of nitriles is 1. The van der Waals surface area contributed by atoms with Crippen molar-refractivity contribution in [3.05, 3.63) is 59.4 Å². The van der Waals surface area contributed by atoms with Crippen LogP contribution in [0.5, 0.6) is 0 Å². The molecule has 0 spiro atoms. The molecule has 2 aromatic rings. The fourth-order valence-corrected chi connectivity index (χ4v) is 3.10. The highest BCUT2D eigenvalue weighted by atomic mass is 19.1. The van der Waals surface area contributed by atoms with Crippen LogP contribution in [0.1, 0.15) is 55.6 Å². The van der Waals surface area contributed by atoms with Gasteiger partial charge in [0.05, 0.1) is 11.8 Å². The average molecular weight is 295 g/mol. The number of aromatic nitrogens is 2. The Morgan fingerprint density at radius 3 is 2.73 bits per heavy atom. The predicted octanol–water partition coefficient (Wildman–Crippen LogP) is 4.10. The van der Waals surface area contributed by atoms with E-state index in [0.717, 1.165) is 18.7 Å². The molecule has 3 nitrogen and oxygen atoms in total. The lowest BCUT2D eigenvalue weighted by atomic mass is 9.80. The molecule has 0 saturated heterocycles. The molecule has 1 unspecified atom stereocenters. The van der Waals surface area contributed by atoms with Gasteiger partial charge in [-0.25, -0.2) is 14.4 Å². The third-order valence-corrected chi connectivity index (χ3v) is 4.53. The summed E-state index contributed by atoms with van der Waals surface area (Å²) in [6.45, 7) is 1.78. The van der Waals surface area contributed by atoms with Gasteiger partial charge in [0.1, 0.15) is 17.1 Å². The summed E-state index contributed by atoms with van der Waals surface area (Å²) in [5.41, 5.74) is 0.279.